The second kappa shape index (κ2) is 4.70. The SMILES string of the molecule is CN(CCO)C[C@@H]1CCCN1. The van der Waals surface area contributed by atoms with E-state index in [4.69, 9.17) is 5.11 Å². The molecule has 11 heavy (non-hydrogen) atoms. The van der Waals surface area contributed by atoms with Gasteiger partial charge in [0.2, 0.25) is 0 Å². The Kier molecular flexibility index (Phi) is 3.83. The topological polar surface area (TPSA) is 35.5 Å². The minimum atomic E-state index is 0.267. The summed E-state index contributed by atoms with van der Waals surface area (Å²) in [6.45, 7) is 3.29. The summed E-state index contributed by atoms with van der Waals surface area (Å²) in [7, 11) is 2.05. The molecule has 1 saturated heterocycles. The molecule has 0 aliphatic carbocycles. The van der Waals surface area contributed by atoms with Gasteiger partial charge in [0, 0.05) is 19.1 Å². The molecular formula is C8H18N2O. The molecule has 1 rings (SSSR count). The van der Waals surface area contributed by atoms with Gasteiger partial charge in [0.15, 0.2) is 0 Å². The molecule has 0 bridgehead atoms. The molecule has 1 aliphatic heterocycles. The van der Waals surface area contributed by atoms with Crippen LogP contribution in [0.5, 0.6) is 0 Å². The van der Waals surface area contributed by atoms with Crippen LogP contribution in [0.25, 0.3) is 0 Å². The highest BCUT2D eigenvalue weighted by Crippen LogP contribution is 2.05. The number of nitrogens with one attached hydrogen (secondary N) is 1. The third kappa shape index (κ3) is 3.18. The van der Waals surface area contributed by atoms with Crippen molar-refractivity contribution in [2.45, 2.75) is 18.9 Å². The predicted molar refractivity (Wildman–Crippen MR) is 45.6 cm³/mol. The molecule has 0 aromatic carbocycles. The fourth-order valence-corrected chi connectivity index (χ4v) is 1.55. The molecule has 2 N–H and O–H groups in total. The molecule has 1 atom stereocenters. The molecule has 3 nitrogen and oxygen atoms in total. The van der Waals surface area contributed by atoms with Gasteiger partial charge in [0.1, 0.15) is 0 Å². The number of nitrogens with zero attached hydrogens (tertiary/aromatic N) is 1. The molecule has 0 radical (unpaired) electrons. The summed E-state index contributed by atoms with van der Waals surface area (Å²) in [4.78, 5) is 2.17. The van der Waals surface area contributed by atoms with Crippen LogP contribution >= 0.6 is 0 Å². The van der Waals surface area contributed by atoms with Gasteiger partial charge in [0.25, 0.3) is 0 Å². The average molecular weight is 158 g/mol. The zero-order valence-corrected chi connectivity index (χ0v) is 7.21. The molecule has 1 heterocycles. The summed E-state index contributed by atoms with van der Waals surface area (Å²) in [5.41, 5.74) is 0. The van der Waals surface area contributed by atoms with E-state index in [-0.39, 0.29) is 6.61 Å². The van der Waals surface area contributed by atoms with Gasteiger partial charge in [-0.05, 0) is 26.4 Å². The Morgan fingerprint density at radius 1 is 1.64 bits per heavy atom. The molecule has 0 saturated carbocycles. The number of aliphatic hydroxyl groups is 1. The second-order valence-electron chi connectivity index (χ2n) is 3.28. The molecule has 1 aliphatic rings. The van der Waals surface area contributed by atoms with Crippen molar-refractivity contribution in [3.63, 3.8) is 0 Å². The van der Waals surface area contributed by atoms with Crippen molar-refractivity contribution in [3.05, 3.63) is 0 Å². The van der Waals surface area contributed by atoms with Crippen molar-refractivity contribution < 1.29 is 5.11 Å². The Bertz CT molecular complexity index is 102. The van der Waals surface area contributed by atoms with Gasteiger partial charge in [-0.25, -0.2) is 0 Å². The van der Waals surface area contributed by atoms with Crippen molar-refractivity contribution >= 4 is 0 Å². The summed E-state index contributed by atoms with van der Waals surface area (Å²) in [5, 5.41) is 12.1. The van der Waals surface area contributed by atoms with E-state index in [2.05, 4.69) is 17.3 Å². The normalized spacial score (nSPS) is 24.8. The quantitative estimate of drug-likeness (QED) is 0.587. The molecule has 0 spiro atoms. The maximum absolute atomic E-state index is 8.65. The molecule has 0 aromatic rings. The predicted octanol–water partition coefficient (Wildman–Crippen LogP) is -0.338. The lowest BCUT2D eigenvalue weighted by molar-refractivity contribution is 0.211. The summed E-state index contributed by atoms with van der Waals surface area (Å²) < 4.78 is 0. The first-order chi connectivity index (χ1) is 5.33. The van der Waals surface area contributed by atoms with E-state index in [0.29, 0.717) is 6.04 Å². The zero-order chi connectivity index (χ0) is 8.10. The first-order valence-corrected chi connectivity index (χ1v) is 4.35. The first-order valence-electron chi connectivity index (χ1n) is 4.35. The minimum Gasteiger partial charge on any atom is -0.395 e. The monoisotopic (exact) mass is 158 g/mol. The lowest BCUT2D eigenvalue weighted by Gasteiger charge is -2.19. The Labute approximate surface area is 68.4 Å². The van der Waals surface area contributed by atoms with E-state index in [9.17, 15) is 0 Å². The van der Waals surface area contributed by atoms with Crippen LogP contribution in [0.15, 0.2) is 0 Å². The smallest absolute Gasteiger partial charge is 0.0558 e. The van der Waals surface area contributed by atoms with Gasteiger partial charge in [-0.2, -0.15) is 0 Å². The van der Waals surface area contributed by atoms with Crippen LogP contribution in [-0.2, 0) is 0 Å². The van der Waals surface area contributed by atoms with Crippen LogP contribution in [0, 0.1) is 0 Å². The van der Waals surface area contributed by atoms with E-state index >= 15 is 0 Å². The number of hydrogen-bond donors (Lipinski definition) is 2. The van der Waals surface area contributed by atoms with E-state index in [1.54, 1.807) is 0 Å². The van der Waals surface area contributed by atoms with Crippen LogP contribution in [0.4, 0.5) is 0 Å². The zero-order valence-electron chi connectivity index (χ0n) is 7.21. The highest BCUT2D eigenvalue weighted by atomic mass is 16.3. The highest BCUT2D eigenvalue weighted by Gasteiger charge is 2.14. The van der Waals surface area contributed by atoms with Crippen LogP contribution in [0.3, 0.4) is 0 Å². The average Bonchev–Trinajstić information content (AvgIpc) is 2.40. The molecular weight excluding hydrogens is 140 g/mol. The van der Waals surface area contributed by atoms with Crippen molar-refractivity contribution in [1.82, 2.24) is 10.2 Å². The van der Waals surface area contributed by atoms with Crippen molar-refractivity contribution in [1.29, 1.82) is 0 Å². The number of aliphatic hydroxyl groups excluding tert-OH is 1. The van der Waals surface area contributed by atoms with Gasteiger partial charge in [-0.15, -0.1) is 0 Å². The maximum atomic E-state index is 8.65. The molecule has 0 unspecified atom stereocenters. The van der Waals surface area contributed by atoms with E-state index in [0.717, 1.165) is 19.6 Å². The fraction of sp³-hybridized carbons (Fsp3) is 1.00. The Balaban J connectivity index is 2.08. The lowest BCUT2D eigenvalue weighted by atomic mass is 10.2. The summed E-state index contributed by atoms with van der Waals surface area (Å²) >= 11 is 0. The van der Waals surface area contributed by atoms with Gasteiger partial charge in [-0.1, -0.05) is 0 Å². The van der Waals surface area contributed by atoms with Crippen molar-refractivity contribution in [3.8, 4) is 0 Å². The van der Waals surface area contributed by atoms with Gasteiger partial charge in [0.05, 0.1) is 6.61 Å². The van der Waals surface area contributed by atoms with Crippen LogP contribution in [0.1, 0.15) is 12.8 Å². The molecule has 3 heteroatoms. The third-order valence-corrected chi connectivity index (χ3v) is 2.18. The van der Waals surface area contributed by atoms with Crippen molar-refractivity contribution in [2.24, 2.45) is 0 Å². The standard InChI is InChI=1S/C8H18N2O/c1-10(5-6-11)7-8-3-2-4-9-8/h8-9,11H,2-7H2,1H3/t8-/m0/s1. The van der Waals surface area contributed by atoms with Crippen LogP contribution in [-0.4, -0.2) is 49.3 Å². The summed E-state index contributed by atoms with van der Waals surface area (Å²) in [6.07, 6.45) is 2.59. The summed E-state index contributed by atoms with van der Waals surface area (Å²) in [6, 6.07) is 0.659. The third-order valence-electron chi connectivity index (χ3n) is 2.18. The fourth-order valence-electron chi connectivity index (χ4n) is 1.55. The van der Waals surface area contributed by atoms with Crippen LogP contribution < -0.4 is 5.32 Å². The lowest BCUT2D eigenvalue weighted by Crippen LogP contribution is -2.36. The van der Waals surface area contributed by atoms with E-state index < -0.39 is 0 Å². The van der Waals surface area contributed by atoms with E-state index in [1.165, 1.54) is 12.8 Å². The largest absolute Gasteiger partial charge is 0.395 e. The Hall–Kier alpha value is -0.120. The minimum absolute atomic E-state index is 0.267. The number of rotatable bonds is 4. The Morgan fingerprint density at radius 3 is 3.00 bits per heavy atom. The summed E-state index contributed by atoms with van der Waals surface area (Å²) in [5.74, 6) is 0. The molecule has 66 valence electrons. The highest BCUT2D eigenvalue weighted by molar-refractivity contribution is 4.76. The van der Waals surface area contributed by atoms with E-state index in [1.807, 2.05) is 0 Å². The van der Waals surface area contributed by atoms with Gasteiger partial charge >= 0.3 is 0 Å². The van der Waals surface area contributed by atoms with Gasteiger partial charge in [-0.3, -0.25) is 0 Å². The van der Waals surface area contributed by atoms with Crippen molar-refractivity contribution in [2.75, 3.05) is 33.3 Å². The molecule has 1 fully saturated rings. The first kappa shape index (κ1) is 8.97. The maximum Gasteiger partial charge on any atom is 0.0558 e. The molecule has 0 aromatic heterocycles. The molecule has 0 amide bonds. The Morgan fingerprint density at radius 2 is 2.45 bits per heavy atom. The number of likely N-dealkylation sites (N-methyl/N-ethyl adjacent to an activating group) is 1. The van der Waals surface area contributed by atoms with Gasteiger partial charge < -0.3 is 15.3 Å². The van der Waals surface area contributed by atoms with Crippen LogP contribution in [0.2, 0.25) is 0 Å². The number of hydrogen-bond acceptors (Lipinski definition) is 3. The second-order valence-corrected chi connectivity index (χ2v) is 3.28.